The molecule has 0 N–H and O–H groups in total. The van der Waals surface area contributed by atoms with Crippen LogP contribution in [0.4, 0.5) is 10.8 Å². The van der Waals surface area contributed by atoms with Gasteiger partial charge in [-0.05, 0) is 36.4 Å². The molecule has 9 nitrogen and oxygen atoms in total. The van der Waals surface area contributed by atoms with Crippen molar-refractivity contribution in [3.63, 3.8) is 0 Å². The van der Waals surface area contributed by atoms with Gasteiger partial charge in [-0.25, -0.2) is 4.98 Å². The van der Waals surface area contributed by atoms with E-state index in [4.69, 9.17) is 14.5 Å². The second kappa shape index (κ2) is 11.3. The molecule has 3 heterocycles. The van der Waals surface area contributed by atoms with E-state index in [1.165, 1.54) is 16.2 Å². The first-order valence-corrected chi connectivity index (χ1v) is 12.4. The number of rotatable bonds is 7. The first kappa shape index (κ1) is 26.0. The Bertz CT molecular complexity index is 1240. The van der Waals surface area contributed by atoms with Crippen LogP contribution in [0.15, 0.2) is 42.5 Å². The van der Waals surface area contributed by atoms with E-state index in [2.05, 4.69) is 4.90 Å². The average molecular weight is 531 g/mol. The lowest BCUT2D eigenvalue weighted by molar-refractivity contribution is -0.121. The Hall–Kier alpha value is -3.05. The monoisotopic (exact) mass is 530 g/mol. The minimum absolute atomic E-state index is 0. The predicted molar refractivity (Wildman–Crippen MR) is 141 cm³/mol. The first-order valence-electron chi connectivity index (χ1n) is 11.6. The van der Waals surface area contributed by atoms with E-state index in [1.54, 1.807) is 36.3 Å². The van der Waals surface area contributed by atoms with Gasteiger partial charge in [-0.2, -0.15) is 0 Å². The van der Waals surface area contributed by atoms with Crippen molar-refractivity contribution in [3.05, 3.63) is 48.0 Å². The molecule has 0 saturated carbocycles. The molecule has 0 spiro atoms. The summed E-state index contributed by atoms with van der Waals surface area (Å²) in [6.45, 7) is 4.19. The molecule has 0 radical (unpaired) electrons. The van der Waals surface area contributed by atoms with Gasteiger partial charge in [-0.1, -0.05) is 11.3 Å². The molecule has 3 amide bonds. The smallest absolute Gasteiger partial charge is 0.260 e. The number of morpholine rings is 1. The van der Waals surface area contributed by atoms with E-state index in [-0.39, 0.29) is 43.0 Å². The highest BCUT2D eigenvalue weighted by atomic mass is 35.5. The van der Waals surface area contributed by atoms with Crippen LogP contribution in [0.25, 0.3) is 10.2 Å². The molecule has 2 fully saturated rings. The number of carbonyl (C=O) groups is 3. The lowest BCUT2D eigenvalue weighted by Crippen LogP contribution is -2.43. The second-order valence-electron chi connectivity index (χ2n) is 8.41. The molecule has 3 aromatic rings. The summed E-state index contributed by atoms with van der Waals surface area (Å²) in [4.78, 5) is 47.7. The number of methoxy groups -OCH3 is 1. The number of hydrogen-bond acceptors (Lipinski definition) is 8. The van der Waals surface area contributed by atoms with Gasteiger partial charge in [0.05, 0.1) is 36.2 Å². The maximum Gasteiger partial charge on any atom is 0.260 e. The number of halogens is 1. The first-order chi connectivity index (χ1) is 17.0. The van der Waals surface area contributed by atoms with Crippen molar-refractivity contribution >= 4 is 62.5 Å². The molecule has 1 aromatic heterocycles. The SMILES string of the molecule is COc1ccc2sc(N(CCN3CCOCC3)C(=O)c3ccc(N4C(=O)CCC4=O)cc3)nc2c1.Cl. The molecule has 11 heteroatoms. The van der Waals surface area contributed by atoms with Gasteiger partial charge in [0.25, 0.3) is 5.91 Å². The maximum absolute atomic E-state index is 13.7. The van der Waals surface area contributed by atoms with Gasteiger partial charge in [0.1, 0.15) is 5.75 Å². The molecule has 190 valence electrons. The summed E-state index contributed by atoms with van der Waals surface area (Å²) in [5.41, 5.74) is 1.72. The molecule has 5 rings (SSSR count). The minimum Gasteiger partial charge on any atom is -0.497 e. The molecule has 2 aromatic carbocycles. The molecule has 0 aliphatic carbocycles. The second-order valence-corrected chi connectivity index (χ2v) is 9.42. The van der Waals surface area contributed by atoms with Crippen molar-refractivity contribution < 1.29 is 23.9 Å². The summed E-state index contributed by atoms with van der Waals surface area (Å²) in [7, 11) is 1.61. The van der Waals surface area contributed by atoms with Gasteiger partial charge < -0.3 is 9.47 Å². The molecule has 0 bridgehead atoms. The largest absolute Gasteiger partial charge is 0.497 e. The fourth-order valence-electron chi connectivity index (χ4n) is 4.26. The lowest BCUT2D eigenvalue weighted by Gasteiger charge is -2.29. The van der Waals surface area contributed by atoms with Crippen LogP contribution in [0.3, 0.4) is 0 Å². The molecule has 36 heavy (non-hydrogen) atoms. The Morgan fingerprint density at radius 2 is 1.78 bits per heavy atom. The molecule has 2 aliphatic heterocycles. The highest BCUT2D eigenvalue weighted by Crippen LogP contribution is 2.32. The van der Waals surface area contributed by atoms with Crippen molar-refractivity contribution in [1.82, 2.24) is 9.88 Å². The number of benzene rings is 2. The fraction of sp³-hybridized carbons (Fsp3) is 0.360. The number of ether oxygens (including phenoxy) is 2. The van der Waals surface area contributed by atoms with Gasteiger partial charge in [0, 0.05) is 50.7 Å². The van der Waals surface area contributed by atoms with E-state index in [1.807, 2.05) is 18.2 Å². The summed E-state index contributed by atoms with van der Waals surface area (Å²) in [6, 6.07) is 12.3. The van der Waals surface area contributed by atoms with E-state index < -0.39 is 0 Å². The van der Waals surface area contributed by atoms with E-state index in [0.29, 0.717) is 48.4 Å². The third kappa shape index (κ3) is 5.36. The highest BCUT2D eigenvalue weighted by Gasteiger charge is 2.30. The number of aromatic nitrogens is 1. The number of thiazole rings is 1. The molecule has 2 aliphatic rings. The van der Waals surface area contributed by atoms with Crippen LogP contribution in [0.2, 0.25) is 0 Å². The summed E-state index contributed by atoms with van der Waals surface area (Å²) in [5, 5.41) is 0.612. The highest BCUT2D eigenvalue weighted by molar-refractivity contribution is 7.22. The number of hydrogen-bond donors (Lipinski definition) is 0. The Balaban J connectivity index is 0.00000304. The number of carbonyl (C=O) groups excluding carboxylic acids is 3. The number of amides is 3. The number of imide groups is 1. The van der Waals surface area contributed by atoms with E-state index in [9.17, 15) is 14.4 Å². The molecule has 2 saturated heterocycles. The molecule has 0 unspecified atom stereocenters. The van der Waals surface area contributed by atoms with Crippen LogP contribution in [0.5, 0.6) is 5.75 Å². The number of anilines is 2. The van der Waals surface area contributed by atoms with Gasteiger partial charge >= 0.3 is 0 Å². The Labute approximate surface area is 219 Å². The summed E-state index contributed by atoms with van der Waals surface area (Å²) in [6.07, 6.45) is 0.439. The third-order valence-electron chi connectivity index (χ3n) is 6.23. The Morgan fingerprint density at radius 1 is 1.08 bits per heavy atom. The van der Waals surface area contributed by atoms with Crippen LogP contribution < -0.4 is 14.5 Å². The number of fused-ring (bicyclic) bond motifs is 1. The van der Waals surface area contributed by atoms with Gasteiger partial charge in [-0.3, -0.25) is 29.1 Å². The van der Waals surface area contributed by atoms with Crippen LogP contribution in [0.1, 0.15) is 23.2 Å². The van der Waals surface area contributed by atoms with Crippen LogP contribution in [-0.4, -0.2) is 74.1 Å². The van der Waals surface area contributed by atoms with Crippen molar-refractivity contribution in [1.29, 1.82) is 0 Å². The third-order valence-corrected chi connectivity index (χ3v) is 7.29. The zero-order chi connectivity index (χ0) is 24.4. The fourth-order valence-corrected chi connectivity index (χ4v) is 5.23. The van der Waals surface area contributed by atoms with Crippen LogP contribution >= 0.6 is 23.7 Å². The van der Waals surface area contributed by atoms with Crippen molar-refractivity contribution in [2.45, 2.75) is 12.8 Å². The topological polar surface area (TPSA) is 92.3 Å². The maximum atomic E-state index is 13.7. The van der Waals surface area contributed by atoms with Crippen LogP contribution in [-0.2, 0) is 14.3 Å². The van der Waals surface area contributed by atoms with Gasteiger partial charge in [-0.15, -0.1) is 12.4 Å². The van der Waals surface area contributed by atoms with Crippen molar-refractivity contribution in [3.8, 4) is 5.75 Å². The van der Waals surface area contributed by atoms with Crippen molar-refractivity contribution in [2.24, 2.45) is 0 Å². The normalized spacial score (nSPS) is 16.3. The van der Waals surface area contributed by atoms with Gasteiger partial charge in [0.2, 0.25) is 11.8 Å². The summed E-state index contributed by atoms with van der Waals surface area (Å²) >= 11 is 1.46. The number of nitrogens with zero attached hydrogens (tertiary/aromatic N) is 4. The zero-order valence-electron chi connectivity index (χ0n) is 19.8. The Kier molecular flexibility index (Phi) is 8.20. The zero-order valence-corrected chi connectivity index (χ0v) is 21.5. The van der Waals surface area contributed by atoms with E-state index >= 15 is 0 Å². The van der Waals surface area contributed by atoms with Gasteiger partial charge in [0.15, 0.2) is 5.13 Å². The predicted octanol–water partition coefficient (Wildman–Crippen LogP) is 3.36. The van der Waals surface area contributed by atoms with Crippen LogP contribution in [0, 0.1) is 0 Å². The molecule has 0 atom stereocenters. The Morgan fingerprint density at radius 3 is 2.44 bits per heavy atom. The quantitative estimate of drug-likeness (QED) is 0.432. The molecular weight excluding hydrogens is 504 g/mol. The lowest BCUT2D eigenvalue weighted by atomic mass is 10.1. The van der Waals surface area contributed by atoms with Crippen molar-refractivity contribution in [2.75, 3.05) is 56.3 Å². The average Bonchev–Trinajstić information content (AvgIpc) is 3.46. The summed E-state index contributed by atoms with van der Waals surface area (Å²) in [5.74, 6) is 0.0919. The van der Waals surface area contributed by atoms with E-state index in [0.717, 1.165) is 23.3 Å². The summed E-state index contributed by atoms with van der Waals surface area (Å²) < 4.78 is 11.7. The minimum atomic E-state index is -0.217. The molecular formula is C25H27ClN4O5S. The standard InChI is InChI=1S/C25H26N4O5S.ClH/c1-33-19-6-7-21-20(16-19)26-25(35-21)28(11-10-27-12-14-34-15-13-27)24(32)17-2-4-18(5-3-17)29-22(30)8-9-23(29)31;/h2-7,16H,8-15H2,1H3;1H.